The lowest BCUT2D eigenvalue weighted by atomic mass is 9.57. The summed E-state index contributed by atoms with van der Waals surface area (Å²) in [6, 6.07) is 12.7. The number of aromatic nitrogens is 1. The minimum absolute atomic E-state index is 0.00640. The number of urea groups is 1. The Balaban J connectivity index is 1.39. The van der Waals surface area contributed by atoms with Crippen molar-refractivity contribution in [2.45, 2.75) is 113 Å². The Hall–Kier alpha value is -3.52. The number of fused-ring (bicyclic) bond motifs is 3. The van der Waals surface area contributed by atoms with Crippen LogP contribution in [0.1, 0.15) is 90.6 Å². The van der Waals surface area contributed by atoms with E-state index in [-0.39, 0.29) is 33.7 Å². The largest absolute Gasteiger partial charge is 0.447 e. The van der Waals surface area contributed by atoms with Gasteiger partial charge < -0.3 is 25.8 Å². The van der Waals surface area contributed by atoms with E-state index in [4.69, 9.17) is 9.72 Å². The number of carbonyl (C=O) groups is 2. The summed E-state index contributed by atoms with van der Waals surface area (Å²) in [5.41, 5.74) is -1.60. The third-order valence-corrected chi connectivity index (χ3v) is 11.9. The van der Waals surface area contributed by atoms with Gasteiger partial charge in [-0.3, -0.25) is 0 Å². The molecule has 13 heteroatoms. The molecule has 1 atom stereocenters. The van der Waals surface area contributed by atoms with Crippen LogP contribution >= 0.6 is 11.3 Å². The smallest absolute Gasteiger partial charge is 0.407 e. The summed E-state index contributed by atoms with van der Waals surface area (Å²) in [4.78, 5) is 30.9. The van der Waals surface area contributed by atoms with Crippen molar-refractivity contribution in [2.24, 2.45) is 0 Å². The summed E-state index contributed by atoms with van der Waals surface area (Å²) in [6.07, 6.45) is 6.23. The molecule has 3 amide bonds. The van der Waals surface area contributed by atoms with Crippen LogP contribution < -0.4 is 20.7 Å². The summed E-state index contributed by atoms with van der Waals surface area (Å²) in [6.45, 7) is 10.4. The highest BCUT2D eigenvalue weighted by Crippen LogP contribution is 2.55. The maximum atomic E-state index is 13.8. The Labute approximate surface area is 281 Å². The number of ether oxygens (including phenoxy) is 1. The highest BCUT2D eigenvalue weighted by atomic mass is 32.2. The van der Waals surface area contributed by atoms with E-state index in [1.54, 1.807) is 63.4 Å². The van der Waals surface area contributed by atoms with Gasteiger partial charge in [0.25, 0.3) is 0 Å². The van der Waals surface area contributed by atoms with Gasteiger partial charge in [0.2, 0.25) is 10.0 Å². The van der Waals surface area contributed by atoms with Crippen molar-refractivity contribution in [3.63, 3.8) is 0 Å². The second-order valence-electron chi connectivity index (χ2n) is 14.3. The Morgan fingerprint density at radius 1 is 0.979 bits per heavy atom. The molecule has 0 saturated heterocycles. The molecule has 3 aliphatic carbocycles. The van der Waals surface area contributed by atoms with Crippen molar-refractivity contribution in [2.75, 3.05) is 5.32 Å². The first-order valence-electron chi connectivity index (χ1n) is 15.9. The number of aliphatic hydroxyl groups is 1. The molecule has 0 spiro atoms. The predicted octanol–water partition coefficient (Wildman–Crippen LogP) is 6.35. The number of rotatable bonds is 9. The van der Waals surface area contributed by atoms with Gasteiger partial charge in [-0.2, -0.15) is 0 Å². The fourth-order valence-electron chi connectivity index (χ4n) is 6.50. The molecular weight excluding hydrogens is 639 g/mol. The number of thiazole rings is 1. The summed E-state index contributed by atoms with van der Waals surface area (Å²) in [5.74, 6) is 0. The van der Waals surface area contributed by atoms with E-state index in [0.717, 1.165) is 43.5 Å². The minimum atomic E-state index is -4.03. The third kappa shape index (κ3) is 7.97. The number of sulfonamides is 1. The maximum absolute atomic E-state index is 13.8. The number of nitrogens with zero attached hydrogens (tertiary/aromatic N) is 1. The first-order chi connectivity index (χ1) is 21.9. The van der Waals surface area contributed by atoms with Gasteiger partial charge in [-0.25, -0.2) is 27.7 Å². The normalized spacial score (nSPS) is 22.4. The molecule has 0 radical (unpaired) electrons. The molecule has 2 aromatic carbocycles. The second-order valence-corrected chi connectivity index (χ2v) is 16.9. The van der Waals surface area contributed by atoms with Gasteiger partial charge in [0.05, 0.1) is 20.9 Å². The van der Waals surface area contributed by atoms with Gasteiger partial charge in [-0.05, 0) is 92.2 Å². The zero-order valence-corrected chi connectivity index (χ0v) is 29.4. The number of alkyl carbamates (subject to hydrolysis) is 1. The van der Waals surface area contributed by atoms with Gasteiger partial charge in [-0.15, -0.1) is 11.3 Å². The van der Waals surface area contributed by atoms with Crippen molar-refractivity contribution in [3.05, 3.63) is 65.3 Å². The van der Waals surface area contributed by atoms with Crippen LogP contribution in [-0.2, 0) is 25.9 Å². The zero-order valence-electron chi connectivity index (χ0n) is 27.8. The van der Waals surface area contributed by atoms with E-state index in [2.05, 4.69) is 20.7 Å². The minimum Gasteiger partial charge on any atom is -0.447 e. The Kier molecular flexibility index (Phi) is 9.50. The molecule has 6 rings (SSSR count). The first kappa shape index (κ1) is 34.8. The van der Waals surface area contributed by atoms with Gasteiger partial charge >= 0.3 is 12.1 Å². The number of amides is 3. The number of hydrogen-bond donors (Lipinski definition) is 5. The lowest BCUT2D eigenvalue weighted by molar-refractivity contribution is 0.0338. The third-order valence-electron chi connectivity index (χ3n) is 8.84. The molecule has 3 aromatic rings. The SMILES string of the molecule is CC(C)OC(=O)NC12CCC(c3ncc(-c4ccc(NC(=O)NC(C)(O)c5ccccc5)cc4S(=O)(=O)NC(C)(C)C)s3)(CC1)CC2. The molecule has 1 unspecified atom stereocenters. The maximum Gasteiger partial charge on any atom is 0.407 e. The highest BCUT2D eigenvalue weighted by molar-refractivity contribution is 7.89. The van der Waals surface area contributed by atoms with Crippen LogP contribution in [0.3, 0.4) is 0 Å². The Morgan fingerprint density at radius 3 is 2.21 bits per heavy atom. The standard InChI is InChI=1S/C34H45N5O6S2/c1-22(2)45-30(41)38-34-17-14-33(15-18-34,16-19-34)28-35-21-26(46-28)25-13-12-24(20-27(25)47(43,44)39-31(3,4)5)36-29(40)37-32(6,42)23-10-8-7-9-11-23/h7-13,20-22,39,42H,14-19H2,1-6H3,(H,38,41)(H2,36,37,40). The van der Waals surface area contributed by atoms with Gasteiger partial charge in [0.15, 0.2) is 5.72 Å². The molecule has 3 saturated carbocycles. The van der Waals surface area contributed by atoms with Crippen molar-refractivity contribution < 1.29 is 27.9 Å². The lowest BCUT2D eigenvalue weighted by Gasteiger charge is -2.52. The molecule has 11 nitrogen and oxygen atoms in total. The van der Waals surface area contributed by atoms with Gasteiger partial charge in [0, 0.05) is 39.5 Å². The highest BCUT2D eigenvalue weighted by Gasteiger charge is 2.51. The van der Waals surface area contributed by atoms with E-state index < -0.39 is 27.3 Å². The molecule has 254 valence electrons. The number of carbonyl (C=O) groups excluding carboxylic acids is 2. The first-order valence-corrected chi connectivity index (χ1v) is 18.2. The van der Waals surface area contributed by atoms with Gasteiger partial charge in [-0.1, -0.05) is 36.4 Å². The van der Waals surface area contributed by atoms with E-state index in [9.17, 15) is 23.1 Å². The molecule has 3 aliphatic rings. The van der Waals surface area contributed by atoms with E-state index in [1.807, 2.05) is 19.9 Å². The quantitative estimate of drug-likeness (QED) is 0.164. The number of hydrogen-bond acceptors (Lipinski definition) is 8. The molecule has 1 aromatic heterocycles. The summed E-state index contributed by atoms with van der Waals surface area (Å²) >= 11 is 1.49. The van der Waals surface area contributed by atoms with Crippen LogP contribution in [0.5, 0.6) is 0 Å². The molecule has 3 fully saturated rings. The monoisotopic (exact) mass is 683 g/mol. The number of anilines is 1. The molecule has 1 heterocycles. The van der Waals surface area contributed by atoms with Crippen molar-refractivity contribution >= 4 is 39.2 Å². The Bertz CT molecular complexity index is 1710. The van der Waals surface area contributed by atoms with Crippen LogP contribution in [0.2, 0.25) is 0 Å². The van der Waals surface area contributed by atoms with E-state index in [0.29, 0.717) is 16.0 Å². The molecule has 0 aliphatic heterocycles. The van der Waals surface area contributed by atoms with Crippen LogP contribution in [0.4, 0.5) is 15.3 Å². The zero-order chi connectivity index (χ0) is 34.3. The fourth-order valence-corrected chi connectivity index (χ4v) is 9.46. The molecule has 5 N–H and O–H groups in total. The number of nitrogens with one attached hydrogen (secondary N) is 4. The van der Waals surface area contributed by atoms with Crippen molar-refractivity contribution in [1.82, 2.24) is 20.3 Å². The van der Waals surface area contributed by atoms with Crippen LogP contribution in [0.15, 0.2) is 59.6 Å². The summed E-state index contributed by atoms with van der Waals surface area (Å²) in [5, 5.41) is 20.2. The van der Waals surface area contributed by atoms with E-state index >= 15 is 0 Å². The fraction of sp³-hybridized carbons (Fsp3) is 0.500. The lowest BCUT2D eigenvalue weighted by Crippen LogP contribution is -2.58. The molecule has 2 bridgehead atoms. The van der Waals surface area contributed by atoms with E-state index in [1.165, 1.54) is 24.3 Å². The Morgan fingerprint density at radius 2 is 1.62 bits per heavy atom. The topological polar surface area (TPSA) is 159 Å². The van der Waals surface area contributed by atoms with Crippen LogP contribution in [0, 0.1) is 0 Å². The van der Waals surface area contributed by atoms with Crippen LogP contribution in [-0.4, -0.2) is 47.8 Å². The summed E-state index contributed by atoms with van der Waals surface area (Å²) in [7, 11) is -4.03. The average Bonchev–Trinajstić information content (AvgIpc) is 3.48. The van der Waals surface area contributed by atoms with Gasteiger partial charge in [0.1, 0.15) is 0 Å². The number of benzene rings is 2. The van der Waals surface area contributed by atoms with Crippen LogP contribution in [0.25, 0.3) is 10.4 Å². The average molecular weight is 684 g/mol. The predicted molar refractivity (Wildman–Crippen MR) is 183 cm³/mol. The van der Waals surface area contributed by atoms with Crippen molar-refractivity contribution in [3.8, 4) is 10.4 Å². The molecule has 47 heavy (non-hydrogen) atoms. The second kappa shape index (κ2) is 12.8. The summed E-state index contributed by atoms with van der Waals surface area (Å²) < 4.78 is 35.6. The molecular formula is C34H45N5O6S2. The van der Waals surface area contributed by atoms with Crippen molar-refractivity contribution in [1.29, 1.82) is 0 Å².